The van der Waals surface area contributed by atoms with Crippen LogP contribution >= 0.6 is 11.6 Å². The monoisotopic (exact) mass is 358 g/mol. The van der Waals surface area contributed by atoms with Crippen LogP contribution in [0.1, 0.15) is 11.1 Å². The Labute approximate surface area is 154 Å². The van der Waals surface area contributed by atoms with Gasteiger partial charge in [0.1, 0.15) is 5.75 Å². The Morgan fingerprint density at radius 1 is 1.04 bits per heavy atom. The van der Waals surface area contributed by atoms with Crippen LogP contribution in [0.25, 0.3) is 0 Å². The van der Waals surface area contributed by atoms with E-state index in [9.17, 15) is 4.79 Å². The van der Waals surface area contributed by atoms with E-state index in [0.717, 1.165) is 49.1 Å². The van der Waals surface area contributed by atoms with Gasteiger partial charge in [-0.25, -0.2) is 0 Å². The number of para-hydroxylation sites is 1. The number of halogens is 1. The maximum absolute atomic E-state index is 12.4. The molecule has 0 radical (unpaired) electrons. The van der Waals surface area contributed by atoms with Crippen LogP contribution in [0.5, 0.6) is 5.75 Å². The number of carbonyl (C=O) groups is 1. The minimum absolute atomic E-state index is 0.0504. The normalized spacial score (nSPS) is 15.2. The van der Waals surface area contributed by atoms with Crippen LogP contribution in [0, 0.1) is 6.92 Å². The molecule has 4 nitrogen and oxygen atoms in total. The van der Waals surface area contributed by atoms with E-state index in [-0.39, 0.29) is 12.5 Å². The molecule has 0 saturated carbocycles. The van der Waals surface area contributed by atoms with Crippen molar-refractivity contribution >= 4 is 17.5 Å². The third-order valence-electron chi connectivity index (χ3n) is 4.49. The fourth-order valence-corrected chi connectivity index (χ4v) is 3.08. The van der Waals surface area contributed by atoms with Crippen molar-refractivity contribution in [3.63, 3.8) is 0 Å². The second-order valence-electron chi connectivity index (χ2n) is 6.34. The molecule has 1 heterocycles. The van der Waals surface area contributed by atoms with Gasteiger partial charge in [0.15, 0.2) is 6.61 Å². The molecule has 1 fully saturated rings. The third-order valence-corrected chi connectivity index (χ3v) is 4.74. The molecular weight excluding hydrogens is 336 g/mol. The Kier molecular flexibility index (Phi) is 5.95. The predicted molar refractivity (Wildman–Crippen MR) is 100.0 cm³/mol. The van der Waals surface area contributed by atoms with Gasteiger partial charge in [-0.3, -0.25) is 9.69 Å². The highest BCUT2D eigenvalue weighted by molar-refractivity contribution is 6.30. The number of piperazine rings is 1. The molecule has 5 heteroatoms. The van der Waals surface area contributed by atoms with Crippen LogP contribution in [0.2, 0.25) is 5.02 Å². The molecule has 0 spiro atoms. The van der Waals surface area contributed by atoms with Crippen LogP contribution in [0.3, 0.4) is 0 Å². The van der Waals surface area contributed by atoms with E-state index in [2.05, 4.69) is 17.0 Å². The van der Waals surface area contributed by atoms with Gasteiger partial charge in [-0.1, -0.05) is 41.9 Å². The van der Waals surface area contributed by atoms with Gasteiger partial charge in [0.25, 0.3) is 5.91 Å². The summed E-state index contributed by atoms with van der Waals surface area (Å²) in [5.74, 6) is 0.826. The molecule has 2 aromatic rings. The molecular formula is C20H23ClN2O2. The second kappa shape index (κ2) is 8.37. The highest BCUT2D eigenvalue weighted by atomic mass is 35.5. The quantitative estimate of drug-likeness (QED) is 0.821. The standard InChI is InChI=1S/C20H23ClN2O2/c1-16-4-2-3-5-19(16)25-15-20(24)23-12-10-22(11-13-23)14-17-6-8-18(21)9-7-17/h2-9H,10-15H2,1H3. The first-order valence-electron chi connectivity index (χ1n) is 8.55. The molecule has 0 aliphatic carbocycles. The molecule has 0 unspecified atom stereocenters. The Balaban J connectivity index is 1.44. The van der Waals surface area contributed by atoms with E-state index < -0.39 is 0 Å². The van der Waals surface area contributed by atoms with Crippen molar-refractivity contribution in [1.29, 1.82) is 0 Å². The number of carbonyl (C=O) groups excluding carboxylic acids is 1. The lowest BCUT2D eigenvalue weighted by atomic mass is 10.2. The molecule has 0 bridgehead atoms. The molecule has 1 saturated heterocycles. The van der Waals surface area contributed by atoms with Gasteiger partial charge in [0, 0.05) is 37.7 Å². The van der Waals surface area contributed by atoms with Crippen molar-refractivity contribution in [2.45, 2.75) is 13.5 Å². The minimum Gasteiger partial charge on any atom is -0.484 e. The zero-order valence-electron chi connectivity index (χ0n) is 14.5. The van der Waals surface area contributed by atoms with Crippen molar-refractivity contribution in [2.24, 2.45) is 0 Å². The summed E-state index contributed by atoms with van der Waals surface area (Å²) in [6.07, 6.45) is 0. The van der Waals surface area contributed by atoms with E-state index in [0.29, 0.717) is 0 Å². The minimum atomic E-state index is 0.0504. The molecule has 132 valence electrons. The average molecular weight is 359 g/mol. The van der Waals surface area contributed by atoms with E-state index in [1.807, 2.05) is 48.2 Å². The zero-order chi connectivity index (χ0) is 17.6. The zero-order valence-corrected chi connectivity index (χ0v) is 15.2. The number of nitrogens with zero attached hydrogens (tertiary/aromatic N) is 2. The highest BCUT2D eigenvalue weighted by Crippen LogP contribution is 2.17. The van der Waals surface area contributed by atoms with Crippen molar-refractivity contribution in [3.05, 3.63) is 64.7 Å². The van der Waals surface area contributed by atoms with Crippen molar-refractivity contribution < 1.29 is 9.53 Å². The molecule has 0 aromatic heterocycles. The molecule has 2 aromatic carbocycles. The summed E-state index contributed by atoms with van der Waals surface area (Å²) in [5, 5.41) is 0.757. The molecule has 0 N–H and O–H groups in total. The molecule has 25 heavy (non-hydrogen) atoms. The molecule has 1 aliphatic rings. The summed E-state index contributed by atoms with van der Waals surface area (Å²) in [7, 11) is 0. The van der Waals surface area contributed by atoms with Gasteiger partial charge in [-0.2, -0.15) is 0 Å². The Bertz CT molecular complexity index is 710. The van der Waals surface area contributed by atoms with Crippen molar-refractivity contribution in [1.82, 2.24) is 9.80 Å². The van der Waals surface area contributed by atoms with Gasteiger partial charge < -0.3 is 9.64 Å². The first kappa shape index (κ1) is 17.8. The van der Waals surface area contributed by atoms with Crippen molar-refractivity contribution in [2.75, 3.05) is 32.8 Å². The summed E-state index contributed by atoms with van der Waals surface area (Å²) in [5.41, 5.74) is 2.29. The number of rotatable bonds is 5. The molecule has 1 aliphatic heterocycles. The Morgan fingerprint density at radius 3 is 2.40 bits per heavy atom. The van der Waals surface area contributed by atoms with E-state index >= 15 is 0 Å². The maximum Gasteiger partial charge on any atom is 0.260 e. The summed E-state index contributed by atoms with van der Waals surface area (Å²) in [6, 6.07) is 15.7. The fourth-order valence-electron chi connectivity index (χ4n) is 2.95. The van der Waals surface area contributed by atoms with Crippen LogP contribution in [0.15, 0.2) is 48.5 Å². The smallest absolute Gasteiger partial charge is 0.260 e. The number of aryl methyl sites for hydroxylation is 1. The van der Waals surface area contributed by atoms with Gasteiger partial charge in [-0.15, -0.1) is 0 Å². The van der Waals surface area contributed by atoms with Gasteiger partial charge in [0.05, 0.1) is 0 Å². The predicted octanol–water partition coefficient (Wildman–Crippen LogP) is 3.37. The average Bonchev–Trinajstić information content (AvgIpc) is 2.63. The summed E-state index contributed by atoms with van der Waals surface area (Å²) >= 11 is 5.92. The number of hydrogen-bond acceptors (Lipinski definition) is 3. The molecule has 3 rings (SSSR count). The first-order valence-corrected chi connectivity index (χ1v) is 8.92. The van der Waals surface area contributed by atoms with E-state index in [4.69, 9.17) is 16.3 Å². The van der Waals surface area contributed by atoms with Gasteiger partial charge in [-0.05, 0) is 36.2 Å². The van der Waals surface area contributed by atoms with Crippen LogP contribution < -0.4 is 4.74 Å². The largest absolute Gasteiger partial charge is 0.484 e. The lowest BCUT2D eigenvalue weighted by Gasteiger charge is -2.34. The van der Waals surface area contributed by atoms with E-state index in [1.54, 1.807) is 0 Å². The van der Waals surface area contributed by atoms with Crippen LogP contribution in [-0.4, -0.2) is 48.5 Å². The summed E-state index contributed by atoms with van der Waals surface area (Å²) < 4.78 is 5.67. The fraction of sp³-hybridized carbons (Fsp3) is 0.350. The maximum atomic E-state index is 12.4. The lowest BCUT2D eigenvalue weighted by molar-refractivity contribution is -0.135. The molecule has 1 amide bonds. The van der Waals surface area contributed by atoms with E-state index in [1.165, 1.54) is 5.56 Å². The van der Waals surface area contributed by atoms with Crippen LogP contribution in [-0.2, 0) is 11.3 Å². The van der Waals surface area contributed by atoms with Crippen LogP contribution in [0.4, 0.5) is 0 Å². The number of hydrogen-bond donors (Lipinski definition) is 0. The molecule has 0 atom stereocenters. The van der Waals surface area contributed by atoms with Crippen molar-refractivity contribution in [3.8, 4) is 5.75 Å². The van der Waals surface area contributed by atoms with Gasteiger partial charge >= 0.3 is 0 Å². The second-order valence-corrected chi connectivity index (χ2v) is 6.77. The van der Waals surface area contributed by atoms with Gasteiger partial charge in [0.2, 0.25) is 0 Å². The Morgan fingerprint density at radius 2 is 1.72 bits per heavy atom. The highest BCUT2D eigenvalue weighted by Gasteiger charge is 2.21. The number of benzene rings is 2. The Hall–Kier alpha value is -2.04. The summed E-state index contributed by atoms with van der Waals surface area (Å²) in [4.78, 5) is 16.6. The first-order chi connectivity index (χ1) is 12.1. The summed E-state index contributed by atoms with van der Waals surface area (Å²) in [6.45, 7) is 6.20. The number of ether oxygens (including phenoxy) is 1. The lowest BCUT2D eigenvalue weighted by Crippen LogP contribution is -2.49. The number of amides is 1. The SMILES string of the molecule is Cc1ccccc1OCC(=O)N1CCN(Cc2ccc(Cl)cc2)CC1. The third kappa shape index (κ3) is 4.97. The topological polar surface area (TPSA) is 32.8 Å².